The number of carbonyl (C=O) groups excluding carboxylic acids is 2. The highest BCUT2D eigenvalue weighted by atomic mass is 16.6. The van der Waals surface area contributed by atoms with Gasteiger partial charge in [0.05, 0.1) is 18.3 Å². The fourth-order valence-corrected chi connectivity index (χ4v) is 3.64. The SMILES string of the molecule is COCCOC(=O)N1CCC(C(=O)NC(c2ccccc2)c2ncccc2C)CC1. The number of amides is 2. The van der Waals surface area contributed by atoms with Gasteiger partial charge in [-0.2, -0.15) is 0 Å². The minimum absolute atomic E-state index is 0.0127. The van der Waals surface area contributed by atoms with Crippen molar-refractivity contribution in [3.63, 3.8) is 0 Å². The summed E-state index contributed by atoms with van der Waals surface area (Å²) in [5.41, 5.74) is 2.86. The summed E-state index contributed by atoms with van der Waals surface area (Å²) in [6.07, 6.45) is 2.61. The van der Waals surface area contributed by atoms with Crippen molar-refractivity contribution in [2.75, 3.05) is 33.4 Å². The monoisotopic (exact) mass is 411 g/mol. The molecule has 1 atom stereocenters. The zero-order valence-corrected chi connectivity index (χ0v) is 17.5. The second kappa shape index (κ2) is 10.7. The quantitative estimate of drug-likeness (QED) is 0.708. The Balaban J connectivity index is 1.63. The first-order chi connectivity index (χ1) is 14.6. The summed E-state index contributed by atoms with van der Waals surface area (Å²) in [7, 11) is 1.56. The molecule has 0 aliphatic carbocycles. The van der Waals surface area contributed by atoms with Crippen LogP contribution < -0.4 is 5.32 Å². The van der Waals surface area contributed by atoms with Crippen LogP contribution in [0.3, 0.4) is 0 Å². The van der Waals surface area contributed by atoms with Crippen LogP contribution in [-0.4, -0.2) is 55.3 Å². The first-order valence-electron chi connectivity index (χ1n) is 10.3. The number of rotatable bonds is 7. The molecule has 7 heteroatoms. The number of ether oxygens (including phenoxy) is 2. The molecule has 1 N–H and O–H groups in total. The Morgan fingerprint density at radius 2 is 1.87 bits per heavy atom. The standard InChI is InChI=1S/C23H29N3O4/c1-17-7-6-12-24-20(17)21(18-8-4-3-5-9-18)25-22(27)19-10-13-26(14-11-19)23(28)30-16-15-29-2/h3-9,12,19,21H,10-11,13-16H2,1-2H3,(H,25,27). The molecule has 0 bridgehead atoms. The molecular weight excluding hydrogens is 382 g/mol. The van der Waals surface area contributed by atoms with E-state index < -0.39 is 0 Å². The molecule has 2 heterocycles. The van der Waals surface area contributed by atoms with E-state index >= 15 is 0 Å². The second-order valence-electron chi connectivity index (χ2n) is 7.43. The van der Waals surface area contributed by atoms with Crippen LogP contribution in [0.25, 0.3) is 0 Å². The average Bonchev–Trinajstić information content (AvgIpc) is 2.78. The maximum atomic E-state index is 13.1. The van der Waals surface area contributed by atoms with E-state index in [9.17, 15) is 9.59 Å². The lowest BCUT2D eigenvalue weighted by Gasteiger charge is -2.31. The van der Waals surface area contributed by atoms with Crippen LogP contribution in [0.1, 0.15) is 35.7 Å². The first-order valence-corrected chi connectivity index (χ1v) is 10.3. The van der Waals surface area contributed by atoms with Crippen molar-refractivity contribution in [3.8, 4) is 0 Å². The van der Waals surface area contributed by atoms with Gasteiger partial charge in [0.15, 0.2) is 0 Å². The number of nitrogens with zero attached hydrogens (tertiary/aromatic N) is 2. The smallest absolute Gasteiger partial charge is 0.409 e. The summed E-state index contributed by atoms with van der Waals surface area (Å²) in [5, 5.41) is 3.19. The van der Waals surface area contributed by atoms with E-state index in [1.165, 1.54) is 0 Å². The first kappa shape index (κ1) is 21.8. The molecule has 1 aliphatic rings. The fourth-order valence-electron chi connectivity index (χ4n) is 3.64. The molecule has 1 fully saturated rings. The average molecular weight is 412 g/mol. The number of aromatic nitrogens is 1. The van der Waals surface area contributed by atoms with E-state index in [0.29, 0.717) is 32.5 Å². The maximum Gasteiger partial charge on any atom is 0.409 e. The van der Waals surface area contributed by atoms with Crippen LogP contribution >= 0.6 is 0 Å². The highest BCUT2D eigenvalue weighted by molar-refractivity contribution is 5.80. The molecule has 0 radical (unpaired) electrons. The van der Waals surface area contributed by atoms with Gasteiger partial charge in [0.2, 0.25) is 5.91 Å². The molecule has 0 saturated carbocycles. The number of hydrogen-bond donors (Lipinski definition) is 1. The highest BCUT2D eigenvalue weighted by Crippen LogP contribution is 2.25. The number of piperidine rings is 1. The Morgan fingerprint density at radius 3 is 2.53 bits per heavy atom. The van der Waals surface area contributed by atoms with Crippen molar-refractivity contribution in [1.29, 1.82) is 0 Å². The number of methoxy groups -OCH3 is 1. The van der Waals surface area contributed by atoms with E-state index in [2.05, 4.69) is 10.3 Å². The zero-order chi connectivity index (χ0) is 21.3. The number of likely N-dealkylation sites (tertiary alicyclic amines) is 1. The molecule has 2 amide bonds. The van der Waals surface area contributed by atoms with Crippen molar-refractivity contribution >= 4 is 12.0 Å². The van der Waals surface area contributed by atoms with Crippen LogP contribution in [0.2, 0.25) is 0 Å². The molecule has 30 heavy (non-hydrogen) atoms. The van der Waals surface area contributed by atoms with E-state index in [1.807, 2.05) is 49.4 Å². The minimum Gasteiger partial charge on any atom is -0.447 e. The number of hydrogen-bond acceptors (Lipinski definition) is 5. The second-order valence-corrected chi connectivity index (χ2v) is 7.43. The molecule has 1 unspecified atom stereocenters. The molecule has 1 aromatic heterocycles. The van der Waals surface area contributed by atoms with Gasteiger partial charge in [0.25, 0.3) is 0 Å². The molecule has 1 aliphatic heterocycles. The molecule has 1 aromatic carbocycles. The topological polar surface area (TPSA) is 80.8 Å². The molecule has 160 valence electrons. The molecule has 1 saturated heterocycles. The largest absolute Gasteiger partial charge is 0.447 e. The van der Waals surface area contributed by atoms with Gasteiger partial charge in [-0.05, 0) is 37.0 Å². The van der Waals surface area contributed by atoms with Gasteiger partial charge < -0.3 is 19.7 Å². The predicted molar refractivity (Wildman–Crippen MR) is 113 cm³/mol. The van der Waals surface area contributed by atoms with E-state index in [1.54, 1.807) is 18.2 Å². The number of carbonyl (C=O) groups is 2. The number of nitrogens with one attached hydrogen (secondary N) is 1. The van der Waals surface area contributed by atoms with Gasteiger partial charge in [-0.3, -0.25) is 9.78 Å². The normalized spacial score (nSPS) is 15.5. The predicted octanol–water partition coefficient (Wildman–Crippen LogP) is 3.09. The van der Waals surface area contributed by atoms with Crippen LogP contribution in [0.5, 0.6) is 0 Å². The van der Waals surface area contributed by atoms with Crippen molar-refractivity contribution < 1.29 is 19.1 Å². The van der Waals surface area contributed by atoms with Crippen molar-refractivity contribution in [2.24, 2.45) is 5.92 Å². The van der Waals surface area contributed by atoms with Gasteiger partial charge in [0.1, 0.15) is 6.61 Å². The van der Waals surface area contributed by atoms with Crippen LogP contribution in [0.4, 0.5) is 4.79 Å². The molecule has 2 aromatic rings. The van der Waals surface area contributed by atoms with Gasteiger partial charge in [-0.1, -0.05) is 36.4 Å². The Kier molecular flexibility index (Phi) is 7.79. The third kappa shape index (κ3) is 5.57. The van der Waals surface area contributed by atoms with Crippen molar-refractivity contribution in [3.05, 3.63) is 65.5 Å². The lowest BCUT2D eigenvalue weighted by atomic mass is 9.94. The van der Waals surface area contributed by atoms with Crippen molar-refractivity contribution in [1.82, 2.24) is 15.2 Å². The number of aryl methyl sites for hydroxylation is 1. The molecular formula is C23H29N3O4. The van der Waals surface area contributed by atoms with Gasteiger partial charge in [0, 0.05) is 32.3 Å². The minimum atomic E-state index is -0.350. The van der Waals surface area contributed by atoms with Crippen LogP contribution in [-0.2, 0) is 14.3 Å². The molecule has 7 nitrogen and oxygen atoms in total. The third-order valence-corrected chi connectivity index (χ3v) is 5.38. The molecule has 3 rings (SSSR count). The molecule has 0 spiro atoms. The van der Waals surface area contributed by atoms with Crippen LogP contribution in [0.15, 0.2) is 48.7 Å². The Bertz CT molecular complexity index is 835. The number of pyridine rings is 1. The lowest BCUT2D eigenvalue weighted by molar-refractivity contribution is -0.126. The highest BCUT2D eigenvalue weighted by Gasteiger charge is 2.30. The van der Waals surface area contributed by atoms with Crippen molar-refractivity contribution in [2.45, 2.75) is 25.8 Å². The Labute approximate surface area is 177 Å². The van der Waals surface area contributed by atoms with E-state index in [-0.39, 0.29) is 30.6 Å². The summed E-state index contributed by atoms with van der Waals surface area (Å²) in [6.45, 7) is 3.61. The third-order valence-electron chi connectivity index (χ3n) is 5.38. The maximum absolute atomic E-state index is 13.1. The summed E-state index contributed by atoms with van der Waals surface area (Å²) in [4.78, 5) is 31.3. The summed E-state index contributed by atoms with van der Waals surface area (Å²) < 4.78 is 10.1. The Morgan fingerprint density at radius 1 is 1.13 bits per heavy atom. The fraction of sp³-hybridized carbons (Fsp3) is 0.435. The van der Waals surface area contributed by atoms with Gasteiger partial charge in [-0.25, -0.2) is 4.79 Å². The number of benzene rings is 1. The van der Waals surface area contributed by atoms with Crippen LogP contribution in [0, 0.1) is 12.8 Å². The van der Waals surface area contributed by atoms with Gasteiger partial charge in [-0.15, -0.1) is 0 Å². The van der Waals surface area contributed by atoms with E-state index in [0.717, 1.165) is 16.8 Å². The summed E-state index contributed by atoms with van der Waals surface area (Å²) in [5.74, 6) is -0.162. The Hall–Kier alpha value is -2.93. The van der Waals surface area contributed by atoms with E-state index in [4.69, 9.17) is 9.47 Å². The van der Waals surface area contributed by atoms with Gasteiger partial charge >= 0.3 is 6.09 Å². The zero-order valence-electron chi connectivity index (χ0n) is 17.5. The lowest BCUT2D eigenvalue weighted by Crippen LogP contribution is -2.44. The summed E-state index contributed by atoms with van der Waals surface area (Å²) in [6, 6.07) is 13.4. The summed E-state index contributed by atoms with van der Waals surface area (Å²) >= 11 is 0.